The number of rotatable bonds is 10. The van der Waals surface area contributed by atoms with Crippen LogP contribution in [0.15, 0.2) is 0 Å². The summed E-state index contributed by atoms with van der Waals surface area (Å²) in [6, 6.07) is -0.811. The van der Waals surface area contributed by atoms with Crippen LogP contribution in [-0.4, -0.2) is 59.5 Å². The van der Waals surface area contributed by atoms with Crippen molar-refractivity contribution in [1.29, 1.82) is 0 Å². The van der Waals surface area contributed by atoms with E-state index in [0.717, 1.165) is 0 Å². The van der Waals surface area contributed by atoms with Gasteiger partial charge in [-0.3, -0.25) is 13.9 Å². The summed E-state index contributed by atoms with van der Waals surface area (Å²) in [5.74, 6) is -0.548. The first kappa shape index (κ1) is 24.0. The predicted molar refractivity (Wildman–Crippen MR) is 87.3 cm³/mol. The maximum atomic E-state index is 11.8. The standard InChI is InChI=1S/C10H20BO12P3/c1-3-10(12)21-7-5-9(11)20-8(7)6-19-25(15,16)23-26(17,18)22-24(13,14)4-2/h7-9H,3-6H2,1-2H3,(H,13,14)(H,15,16)(H,17,18). The number of carbonyl (C=O) groups is 1. The molecule has 0 aromatic rings. The van der Waals surface area contributed by atoms with Crippen molar-refractivity contribution in [2.75, 3.05) is 12.8 Å². The first-order chi connectivity index (χ1) is 11.8. The molecular weight excluding hydrogens is 416 g/mol. The average Bonchev–Trinajstić information content (AvgIpc) is 2.82. The Kier molecular flexibility index (Phi) is 8.70. The number of ether oxygens (including phenoxy) is 2. The molecular formula is C10H20BO12P3. The number of phosphoric ester groups is 1. The number of esters is 1. The fourth-order valence-electron chi connectivity index (χ4n) is 1.83. The molecule has 6 unspecified atom stereocenters. The van der Waals surface area contributed by atoms with Crippen molar-refractivity contribution >= 4 is 37.1 Å². The second-order valence-corrected chi connectivity index (χ2v) is 10.5. The zero-order valence-electron chi connectivity index (χ0n) is 14.0. The lowest BCUT2D eigenvalue weighted by molar-refractivity contribution is -0.152. The highest BCUT2D eigenvalue weighted by Gasteiger charge is 2.42. The van der Waals surface area contributed by atoms with E-state index in [4.69, 9.17) is 22.2 Å². The van der Waals surface area contributed by atoms with E-state index in [2.05, 4.69) is 13.1 Å². The zero-order chi connectivity index (χ0) is 20.2. The Morgan fingerprint density at radius 1 is 1.15 bits per heavy atom. The molecule has 1 saturated heterocycles. The van der Waals surface area contributed by atoms with Crippen molar-refractivity contribution in [2.45, 2.75) is 44.9 Å². The topological polar surface area (TPSA) is 175 Å². The zero-order valence-corrected chi connectivity index (χ0v) is 16.7. The number of hydrogen-bond donors (Lipinski definition) is 3. The van der Waals surface area contributed by atoms with E-state index in [9.17, 15) is 28.3 Å². The molecule has 6 atom stereocenters. The number of carbonyl (C=O) groups excluding carboxylic acids is 1. The van der Waals surface area contributed by atoms with Gasteiger partial charge in [-0.15, -0.1) is 0 Å². The highest BCUT2D eigenvalue weighted by molar-refractivity contribution is 7.68. The van der Waals surface area contributed by atoms with Crippen LogP contribution in [0.1, 0.15) is 26.7 Å². The van der Waals surface area contributed by atoms with Crippen LogP contribution in [0.4, 0.5) is 0 Å². The Morgan fingerprint density at radius 2 is 1.77 bits per heavy atom. The highest BCUT2D eigenvalue weighted by atomic mass is 31.3. The summed E-state index contributed by atoms with van der Waals surface area (Å²) in [7, 11) is -9.47. The molecule has 0 spiro atoms. The van der Waals surface area contributed by atoms with Crippen LogP contribution in [0.25, 0.3) is 0 Å². The average molecular weight is 436 g/mol. The predicted octanol–water partition coefficient (Wildman–Crippen LogP) is 1.05. The Bertz CT molecular complexity index is 641. The van der Waals surface area contributed by atoms with Crippen LogP contribution in [0.2, 0.25) is 0 Å². The SMILES string of the molecule is [B]C1CC(OC(=O)CC)C(COP(=O)(O)OP(=O)(O)OP(=O)(O)CC)O1. The Balaban J connectivity index is 2.66. The van der Waals surface area contributed by atoms with E-state index in [1.807, 2.05) is 0 Å². The lowest BCUT2D eigenvalue weighted by Crippen LogP contribution is -2.30. The molecule has 12 nitrogen and oxygen atoms in total. The third-order valence-electron chi connectivity index (χ3n) is 3.04. The van der Waals surface area contributed by atoms with Gasteiger partial charge < -0.3 is 24.2 Å². The third-order valence-corrected chi connectivity index (χ3v) is 7.81. The molecule has 0 aromatic carbocycles. The van der Waals surface area contributed by atoms with Crippen molar-refractivity contribution in [1.82, 2.24) is 0 Å². The van der Waals surface area contributed by atoms with Crippen LogP contribution in [0.5, 0.6) is 0 Å². The molecule has 0 amide bonds. The van der Waals surface area contributed by atoms with Crippen LogP contribution in [0.3, 0.4) is 0 Å². The van der Waals surface area contributed by atoms with Crippen molar-refractivity contribution < 1.29 is 55.8 Å². The summed E-state index contributed by atoms with van der Waals surface area (Å²) in [6.07, 6.45) is -2.21. The van der Waals surface area contributed by atoms with Gasteiger partial charge in [0.15, 0.2) is 0 Å². The molecule has 0 bridgehead atoms. The maximum Gasteiger partial charge on any atom is 0.488 e. The molecule has 0 aromatic heterocycles. The van der Waals surface area contributed by atoms with E-state index in [0.29, 0.717) is 0 Å². The van der Waals surface area contributed by atoms with Gasteiger partial charge in [-0.25, -0.2) is 13.4 Å². The van der Waals surface area contributed by atoms with E-state index in [1.165, 1.54) is 6.92 Å². The van der Waals surface area contributed by atoms with Gasteiger partial charge in [0.25, 0.3) is 0 Å². The normalized spacial score (nSPS) is 30.1. The molecule has 1 heterocycles. The Labute approximate surface area is 151 Å². The summed E-state index contributed by atoms with van der Waals surface area (Å²) in [5.41, 5.74) is 0. The van der Waals surface area contributed by atoms with Crippen LogP contribution < -0.4 is 0 Å². The van der Waals surface area contributed by atoms with E-state index < -0.39 is 60.2 Å². The third kappa shape index (κ3) is 8.31. The summed E-state index contributed by atoms with van der Waals surface area (Å²) in [5, 5.41) is 0. The molecule has 16 heteroatoms. The van der Waals surface area contributed by atoms with Crippen molar-refractivity contribution in [2.24, 2.45) is 0 Å². The minimum absolute atomic E-state index is 0.0879. The second kappa shape index (κ2) is 9.43. The first-order valence-corrected chi connectivity index (χ1v) is 12.2. The minimum Gasteiger partial charge on any atom is -0.459 e. The van der Waals surface area contributed by atoms with E-state index >= 15 is 0 Å². The molecule has 150 valence electrons. The summed E-state index contributed by atoms with van der Waals surface area (Å²) in [6.45, 7) is 2.08. The lowest BCUT2D eigenvalue weighted by Gasteiger charge is -2.21. The van der Waals surface area contributed by atoms with Crippen molar-refractivity contribution in [3.05, 3.63) is 0 Å². The van der Waals surface area contributed by atoms with E-state index in [-0.39, 0.29) is 12.8 Å². The molecule has 1 aliphatic heterocycles. The smallest absolute Gasteiger partial charge is 0.459 e. The fraction of sp³-hybridized carbons (Fsp3) is 0.900. The molecule has 1 rings (SSSR count). The molecule has 26 heavy (non-hydrogen) atoms. The van der Waals surface area contributed by atoms with Crippen molar-refractivity contribution in [3.63, 3.8) is 0 Å². The van der Waals surface area contributed by atoms with Gasteiger partial charge >= 0.3 is 29.2 Å². The van der Waals surface area contributed by atoms with Crippen molar-refractivity contribution in [3.8, 4) is 0 Å². The van der Waals surface area contributed by atoms with Gasteiger partial charge in [-0.2, -0.15) is 4.31 Å². The maximum absolute atomic E-state index is 11.8. The number of phosphoric acid groups is 2. The molecule has 3 N–H and O–H groups in total. The number of hydrogen-bond acceptors (Lipinski definition) is 9. The first-order valence-electron chi connectivity index (χ1n) is 7.44. The van der Waals surface area contributed by atoms with Crippen LogP contribution in [0, 0.1) is 0 Å². The second-order valence-electron chi connectivity index (χ2n) is 5.18. The highest BCUT2D eigenvalue weighted by Crippen LogP contribution is 2.67. The fourth-order valence-corrected chi connectivity index (χ4v) is 5.53. The summed E-state index contributed by atoms with van der Waals surface area (Å²) >= 11 is 0. The van der Waals surface area contributed by atoms with Gasteiger partial charge in [-0.1, -0.05) is 13.8 Å². The van der Waals surface area contributed by atoms with Gasteiger partial charge in [0.2, 0.25) is 0 Å². The lowest BCUT2D eigenvalue weighted by atomic mass is 9.96. The quantitative estimate of drug-likeness (QED) is 0.253. The summed E-state index contributed by atoms with van der Waals surface area (Å²) in [4.78, 5) is 39.3. The van der Waals surface area contributed by atoms with Gasteiger partial charge in [0.1, 0.15) is 20.1 Å². The molecule has 1 fully saturated rings. The van der Waals surface area contributed by atoms with Crippen LogP contribution in [-0.2, 0) is 41.1 Å². The van der Waals surface area contributed by atoms with E-state index in [1.54, 1.807) is 6.92 Å². The Hall–Kier alpha value is -0.0551. The van der Waals surface area contributed by atoms with Gasteiger partial charge in [-0.05, 0) is 0 Å². The largest absolute Gasteiger partial charge is 0.488 e. The van der Waals surface area contributed by atoms with Gasteiger partial charge in [0.05, 0.1) is 6.61 Å². The molecule has 0 aliphatic carbocycles. The minimum atomic E-state index is -5.37. The summed E-state index contributed by atoms with van der Waals surface area (Å²) < 4.78 is 57.3. The molecule has 2 radical (unpaired) electrons. The molecule has 0 saturated carbocycles. The molecule has 1 aliphatic rings. The van der Waals surface area contributed by atoms with Gasteiger partial charge in [0, 0.05) is 25.0 Å². The monoisotopic (exact) mass is 436 g/mol. The Morgan fingerprint density at radius 3 is 2.31 bits per heavy atom. The van der Waals surface area contributed by atoms with Crippen LogP contribution >= 0.6 is 23.2 Å².